The lowest BCUT2D eigenvalue weighted by Gasteiger charge is -2.33. The predicted octanol–water partition coefficient (Wildman–Crippen LogP) is 1.32. The van der Waals surface area contributed by atoms with E-state index in [1.807, 2.05) is 18.2 Å². The molecule has 0 aliphatic carbocycles. The van der Waals surface area contributed by atoms with E-state index < -0.39 is 6.04 Å². The van der Waals surface area contributed by atoms with Crippen molar-refractivity contribution in [1.29, 1.82) is 0 Å². The van der Waals surface area contributed by atoms with E-state index in [1.54, 1.807) is 29.7 Å². The van der Waals surface area contributed by atoms with Crippen LogP contribution in [-0.2, 0) is 20.7 Å². The number of thioether (sulfide) groups is 1. The predicted molar refractivity (Wildman–Crippen MR) is 84.0 cm³/mol. The molecule has 1 unspecified atom stereocenters. The summed E-state index contributed by atoms with van der Waals surface area (Å²) in [5.41, 5.74) is 7.27. The Morgan fingerprint density at radius 3 is 2.90 bits per heavy atom. The molecule has 1 saturated heterocycles. The molecular formula is C15H20N2O3S. The molecule has 0 saturated carbocycles. The summed E-state index contributed by atoms with van der Waals surface area (Å²) in [6.07, 6.45) is 0.216. The second-order valence-corrected chi connectivity index (χ2v) is 5.96. The van der Waals surface area contributed by atoms with E-state index in [2.05, 4.69) is 0 Å². The maximum Gasteiger partial charge on any atom is 0.329 e. The molecule has 0 bridgehead atoms. The van der Waals surface area contributed by atoms with Gasteiger partial charge in [-0.05, 0) is 18.6 Å². The standard InChI is InChI=1S/C15H20N2O3S/c1-2-20-15(19)13-10-21-8-7-17(13)14(18)9-11-5-3-4-6-12(11)16/h3-6,13H,2,7-10,16H2,1H3. The number of nitrogens with two attached hydrogens (primary N) is 1. The maximum absolute atomic E-state index is 12.5. The normalized spacial score (nSPS) is 18.3. The summed E-state index contributed by atoms with van der Waals surface area (Å²) in [6, 6.07) is 6.82. The molecule has 0 radical (unpaired) electrons. The van der Waals surface area contributed by atoms with Gasteiger partial charge in [-0.25, -0.2) is 4.79 Å². The minimum atomic E-state index is -0.485. The summed E-state index contributed by atoms with van der Waals surface area (Å²) in [5, 5.41) is 0. The Bertz CT molecular complexity index is 521. The van der Waals surface area contributed by atoms with Crippen LogP contribution >= 0.6 is 11.8 Å². The van der Waals surface area contributed by atoms with E-state index in [1.165, 1.54) is 0 Å². The molecule has 1 fully saturated rings. The second kappa shape index (κ2) is 7.36. The molecule has 1 heterocycles. The van der Waals surface area contributed by atoms with Crippen molar-refractivity contribution in [2.75, 3.05) is 30.4 Å². The number of rotatable bonds is 4. The lowest BCUT2D eigenvalue weighted by atomic mass is 10.1. The number of anilines is 1. The minimum absolute atomic E-state index is 0.0775. The van der Waals surface area contributed by atoms with Gasteiger partial charge in [-0.2, -0.15) is 11.8 Å². The molecule has 1 aromatic carbocycles. The first-order chi connectivity index (χ1) is 10.1. The number of para-hydroxylation sites is 1. The van der Waals surface area contributed by atoms with Gasteiger partial charge in [0.15, 0.2) is 0 Å². The van der Waals surface area contributed by atoms with Gasteiger partial charge in [0.05, 0.1) is 13.0 Å². The van der Waals surface area contributed by atoms with Gasteiger partial charge in [0.1, 0.15) is 6.04 Å². The molecule has 1 amide bonds. The molecule has 1 aliphatic rings. The third kappa shape index (κ3) is 3.91. The number of hydrogen-bond acceptors (Lipinski definition) is 5. The number of benzene rings is 1. The minimum Gasteiger partial charge on any atom is -0.464 e. The van der Waals surface area contributed by atoms with Gasteiger partial charge in [-0.1, -0.05) is 18.2 Å². The highest BCUT2D eigenvalue weighted by Crippen LogP contribution is 2.20. The largest absolute Gasteiger partial charge is 0.464 e. The van der Waals surface area contributed by atoms with Crippen molar-refractivity contribution < 1.29 is 14.3 Å². The Morgan fingerprint density at radius 1 is 1.43 bits per heavy atom. The molecule has 21 heavy (non-hydrogen) atoms. The fraction of sp³-hybridized carbons (Fsp3) is 0.467. The first-order valence-electron chi connectivity index (χ1n) is 7.00. The zero-order chi connectivity index (χ0) is 15.2. The lowest BCUT2D eigenvalue weighted by Crippen LogP contribution is -2.51. The van der Waals surface area contributed by atoms with E-state index in [-0.39, 0.29) is 18.3 Å². The van der Waals surface area contributed by atoms with Crippen LogP contribution in [-0.4, -0.2) is 47.5 Å². The zero-order valence-electron chi connectivity index (χ0n) is 12.1. The Balaban J connectivity index is 2.08. The SMILES string of the molecule is CCOC(=O)C1CSCCN1C(=O)Cc1ccccc1N. The summed E-state index contributed by atoms with van der Waals surface area (Å²) < 4.78 is 5.06. The van der Waals surface area contributed by atoms with Crippen molar-refractivity contribution in [3.8, 4) is 0 Å². The average Bonchev–Trinajstić information content (AvgIpc) is 2.50. The fourth-order valence-electron chi connectivity index (χ4n) is 2.30. The highest BCUT2D eigenvalue weighted by Gasteiger charge is 2.33. The molecule has 6 heteroatoms. The van der Waals surface area contributed by atoms with Gasteiger partial charge in [0, 0.05) is 23.7 Å². The second-order valence-electron chi connectivity index (χ2n) is 4.81. The summed E-state index contributed by atoms with van der Waals surface area (Å²) in [4.78, 5) is 26.1. The highest BCUT2D eigenvalue weighted by atomic mass is 32.2. The van der Waals surface area contributed by atoms with Crippen LogP contribution in [0, 0.1) is 0 Å². The summed E-state index contributed by atoms with van der Waals surface area (Å²) in [7, 11) is 0. The molecule has 5 nitrogen and oxygen atoms in total. The van der Waals surface area contributed by atoms with Gasteiger partial charge in [0.2, 0.25) is 5.91 Å². The molecule has 2 N–H and O–H groups in total. The first-order valence-corrected chi connectivity index (χ1v) is 8.16. The average molecular weight is 308 g/mol. The number of carbonyl (C=O) groups excluding carboxylic acids is 2. The zero-order valence-corrected chi connectivity index (χ0v) is 12.9. The number of ether oxygens (including phenoxy) is 1. The monoisotopic (exact) mass is 308 g/mol. The lowest BCUT2D eigenvalue weighted by molar-refractivity contribution is -0.153. The summed E-state index contributed by atoms with van der Waals surface area (Å²) in [5.74, 6) is 1.03. The van der Waals surface area contributed by atoms with E-state index in [0.29, 0.717) is 24.6 Å². The quantitative estimate of drug-likeness (QED) is 0.671. The van der Waals surface area contributed by atoms with Crippen molar-refractivity contribution in [3.63, 3.8) is 0 Å². The van der Waals surface area contributed by atoms with E-state index in [4.69, 9.17) is 10.5 Å². The maximum atomic E-state index is 12.5. The number of carbonyl (C=O) groups is 2. The molecule has 0 spiro atoms. The number of nitrogens with zero attached hydrogens (tertiary/aromatic N) is 1. The highest BCUT2D eigenvalue weighted by molar-refractivity contribution is 7.99. The summed E-state index contributed by atoms with van der Waals surface area (Å²) in [6.45, 7) is 2.66. The van der Waals surface area contributed by atoms with Crippen molar-refractivity contribution in [2.45, 2.75) is 19.4 Å². The number of nitrogen functional groups attached to an aromatic ring is 1. The van der Waals surface area contributed by atoms with Gasteiger partial charge >= 0.3 is 5.97 Å². The third-order valence-corrected chi connectivity index (χ3v) is 4.43. The molecule has 114 valence electrons. The van der Waals surface area contributed by atoms with Gasteiger partial charge in [0.25, 0.3) is 0 Å². The molecule has 2 rings (SSSR count). The molecule has 1 aliphatic heterocycles. The smallest absolute Gasteiger partial charge is 0.329 e. The van der Waals surface area contributed by atoms with E-state index in [0.717, 1.165) is 11.3 Å². The molecular weight excluding hydrogens is 288 g/mol. The fourth-order valence-corrected chi connectivity index (χ4v) is 3.33. The van der Waals surface area contributed by atoms with Crippen LogP contribution in [0.25, 0.3) is 0 Å². The molecule has 0 aromatic heterocycles. The van der Waals surface area contributed by atoms with Crippen molar-refractivity contribution in [1.82, 2.24) is 4.90 Å². The van der Waals surface area contributed by atoms with Crippen LogP contribution in [0.15, 0.2) is 24.3 Å². The number of hydrogen-bond donors (Lipinski definition) is 1. The van der Waals surface area contributed by atoms with Crippen LogP contribution in [0.2, 0.25) is 0 Å². The topological polar surface area (TPSA) is 72.6 Å². The van der Waals surface area contributed by atoms with Crippen LogP contribution in [0.5, 0.6) is 0 Å². The van der Waals surface area contributed by atoms with Gasteiger partial charge < -0.3 is 15.4 Å². The first kappa shape index (κ1) is 15.7. The molecule has 1 atom stereocenters. The Labute approximate surface area is 128 Å². The Hall–Kier alpha value is -1.69. The summed E-state index contributed by atoms with van der Waals surface area (Å²) >= 11 is 1.67. The van der Waals surface area contributed by atoms with Crippen molar-refractivity contribution in [2.24, 2.45) is 0 Å². The van der Waals surface area contributed by atoms with E-state index >= 15 is 0 Å². The van der Waals surface area contributed by atoms with Crippen LogP contribution in [0.4, 0.5) is 5.69 Å². The van der Waals surface area contributed by atoms with Crippen LogP contribution < -0.4 is 5.73 Å². The van der Waals surface area contributed by atoms with Crippen LogP contribution in [0.1, 0.15) is 12.5 Å². The molecule has 1 aromatic rings. The van der Waals surface area contributed by atoms with Gasteiger partial charge in [-0.15, -0.1) is 0 Å². The Kier molecular flexibility index (Phi) is 5.50. The number of esters is 1. The Morgan fingerprint density at radius 2 is 2.19 bits per heavy atom. The van der Waals surface area contributed by atoms with Crippen molar-refractivity contribution in [3.05, 3.63) is 29.8 Å². The van der Waals surface area contributed by atoms with Gasteiger partial charge in [-0.3, -0.25) is 4.79 Å². The van der Waals surface area contributed by atoms with Crippen LogP contribution in [0.3, 0.4) is 0 Å². The van der Waals surface area contributed by atoms with Crippen molar-refractivity contribution >= 4 is 29.3 Å². The number of amides is 1. The third-order valence-electron chi connectivity index (χ3n) is 3.40. The van der Waals surface area contributed by atoms with E-state index in [9.17, 15) is 9.59 Å².